The lowest BCUT2D eigenvalue weighted by Crippen LogP contribution is -2.00. The molecule has 0 aliphatic rings. The van der Waals surface area contributed by atoms with E-state index in [1.54, 1.807) is 0 Å². The Labute approximate surface area is 87.5 Å². The largest absolute Gasteiger partial charge is 0.330 e. The summed E-state index contributed by atoms with van der Waals surface area (Å²) in [5.41, 5.74) is 7.44. The molecule has 0 aromatic carbocycles. The Morgan fingerprint density at radius 2 is 2.21 bits per heavy atom. The number of nitrogens with two attached hydrogens (primary N) is 1. The molecule has 0 saturated carbocycles. The number of fused-ring (bicyclic) bond motifs is 1. The number of halogens is 1. The van der Waals surface area contributed by atoms with Crippen molar-refractivity contribution in [3.8, 4) is 0 Å². The molecule has 0 aliphatic carbocycles. The van der Waals surface area contributed by atoms with Gasteiger partial charge in [0.2, 0.25) is 0 Å². The molecular weight excluding hydrogens is 198 g/mol. The van der Waals surface area contributed by atoms with E-state index in [1.807, 2.05) is 28.9 Å². The Morgan fingerprint density at radius 3 is 3.00 bits per heavy atom. The molecular formula is C10H12ClN3. The smallest absolute Gasteiger partial charge is 0.137 e. The van der Waals surface area contributed by atoms with Crippen molar-refractivity contribution in [3.63, 3.8) is 0 Å². The zero-order valence-corrected chi connectivity index (χ0v) is 8.54. The minimum Gasteiger partial charge on any atom is -0.330 e. The molecule has 2 rings (SSSR count). The summed E-state index contributed by atoms with van der Waals surface area (Å²) in [5, 5.41) is 0.722. The maximum Gasteiger partial charge on any atom is 0.137 e. The van der Waals surface area contributed by atoms with E-state index in [0.29, 0.717) is 6.54 Å². The van der Waals surface area contributed by atoms with Gasteiger partial charge < -0.3 is 10.1 Å². The van der Waals surface area contributed by atoms with Gasteiger partial charge in [0, 0.05) is 12.4 Å². The summed E-state index contributed by atoms with van der Waals surface area (Å²) < 4.78 is 1.94. The van der Waals surface area contributed by atoms with E-state index in [4.69, 9.17) is 17.3 Å². The highest BCUT2D eigenvalue weighted by atomic mass is 35.5. The maximum atomic E-state index is 5.86. The van der Waals surface area contributed by atoms with E-state index in [2.05, 4.69) is 4.98 Å². The van der Waals surface area contributed by atoms with Crippen LogP contribution in [-0.2, 0) is 6.42 Å². The number of imidazole rings is 1. The van der Waals surface area contributed by atoms with Crippen LogP contribution in [0.1, 0.15) is 12.1 Å². The fourth-order valence-electron chi connectivity index (χ4n) is 1.42. The predicted octanol–water partition coefficient (Wildman–Crippen LogP) is 1.88. The van der Waals surface area contributed by atoms with Crippen molar-refractivity contribution in [1.82, 2.24) is 9.38 Å². The molecule has 2 heterocycles. The van der Waals surface area contributed by atoms with Crippen LogP contribution in [0.5, 0.6) is 0 Å². The second-order valence-electron chi connectivity index (χ2n) is 3.24. The van der Waals surface area contributed by atoms with Crippen molar-refractivity contribution < 1.29 is 0 Å². The standard InChI is InChI=1S/C10H12ClN3/c11-8-3-4-10-13-9(2-1-5-12)7-14(10)6-8/h3-4,6-7H,1-2,5,12H2. The Morgan fingerprint density at radius 1 is 1.36 bits per heavy atom. The lowest BCUT2D eigenvalue weighted by atomic mass is 10.2. The first-order valence-electron chi connectivity index (χ1n) is 4.63. The van der Waals surface area contributed by atoms with Gasteiger partial charge in [-0.15, -0.1) is 0 Å². The van der Waals surface area contributed by atoms with Gasteiger partial charge in [-0.1, -0.05) is 11.6 Å². The molecule has 0 spiro atoms. The SMILES string of the molecule is NCCCc1cn2cc(Cl)ccc2n1. The van der Waals surface area contributed by atoms with Crippen LogP contribution in [0, 0.1) is 0 Å². The van der Waals surface area contributed by atoms with Crippen molar-refractivity contribution in [2.24, 2.45) is 5.73 Å². The van der Waals surface area contributed by atoms with Crippen molar-refractivity contribution in [1.29, 1.82) is 0 Å². The zero-order valence-electron chi connectivity index (χ0n) is 7.78. The van der Waals surface area contributed by atoms with Crippen molar-refractivity contribution in [2.45, 2.75) is 12.8 Å². The van der Waals surface area contributed by atoms with Gasteiger partial charge in [-0.3, -0.25) is 0 Å². The van der Waals surface area contributed by atoms with E-state index in [-0.39, 0.29) is 0 Å². The molecule has 0 radical (unpaired) electrons. The second-order valence-corrected chi connectivity index (χ2v) is 3.67. The number of hydrogen-bond acceptors (Lipinski definition) is 2. The Kier molecular flexibility index (Phi) is 2.70. The minimum atomic E-state index is 0.703. The van der Waals surface area contributed by atoms with E-state index in [9.17, 15) is 0 Å². The Balaban J connectivity index is 2.32. The van der Waals surface area contributed by atoms with E-state index in [1.165, 1.54) is 0 Å². The normalized spacial score (nSPS) is 11.0. The van der Waals surface area contributed by atoms with Gasteiger partial charge in [0.15, 0.2) is 0 Å². The lowest BCUT2D eigenvalue weighted by Gasteiger charge is -1.91. The van der Waals surface area contributed by atoms with Crippen LogP contribution < -0.4 is 5.73 Å². The topological polar surface area (TPSA) is 43.3 Å². The van der Waals surface area contributed by atoms with Crippen molar-refractivity contribution in [2.75, 3.05) is 6.54 Å². The van der Waals surface area contributed by atoms with E-state index >= 15 is 0 Å². The van der Waals surface area contributed by atoms with Gasteiger partial charge >= 0.3 is 0 Å². The minimum absolute atomic E-state index is 0.703. The van der Waals surface area contributed by atoms with Gasteiger partial charge in [0.05, 0.1) is 10.7 Å². The highest BCUT2D eigenvalue weighted by Crippen LogP contribution is 2.12. The molecule has 14 heavy (non-hydrogen) atoms. The fraction of sp³-hybridized carbons (Fsp3) is 0.300. The summed E-state index contributed by atoms with van der Waals surface area (Å²) >= 11 is 5.86. The van der Waals surface area contributed by atoms with E-state index < -0.39 is 0 Å². The lowest BCUT2D eigenvalue weighted by molar-refractivity contribution is 0.816. The molecule has 2 aromatic heterocycles. The fourth-order valence-corrected chi connectivity index (χ4v) is 1.59. The number of aryl methyl sites for hydroxylation is 1. The molecule has 0 bridgehead atoms. The summed E-state index contributed by atoms with van der Waals surface area (Å²) in [5.74, 6) is 0. The first-order chi connectivity index (χ1) is 6.79. The number of hydrogen-bond donors (Lipinski definition) is 1. The van der Waals surface area contributed by atoms with E-state index in [0.717, 1.165) is 29.2 Å². The van der Waals surface area contributed by atoms with Crippen LogP contribution in [0.2, 0.25) is 5.02 Å². The Bertz CT molecular complexity index is 436. The summed E-state index contributed by atoms with van der Waals surface area (Å²) in [6.07, 6.45) is 5.75. The molecule has 3 nitrogen and oxygen atoms in total. The quantitative estimate of drug-likeness (QED) is 0.839. The monoisotopic (exact) mass is 209 g/mol. The molecule has 0 atom stereocenters. The van der Waals surface area contributed by atoms with Gasteiger partial charge in [-0.05, 0) is 31.5 Å². The first kappa shape index (κ1) is 9.49. The Hall–Kier alpha value is -1.06. The summed E-state index contributed by atoms with van der Waals surface area (Å²) in [4.78, 5) is 4.44. The van der Waals surface area contributed by atoms with Crippen LogP contribution in [0.4, 0.5) is 0 Å². The molecule has 74 valence electrons. The number of rotatable bonds is 3. The van der Waals surface area contributed by atoms with Crippen molar-refractivity contribution in [3.05, 3.63) is 35.2 Å². The zero-order chi connectivity index (χ0) is 9.97. The van der Waals surface area contributed by atoms with Gasteiger partial charge in [0.25, 0.3) is 0 Å². The summed E-state index contributed by atoms with van der Waals surface area (Å²) in [7, 11) is 0. The number of pyridine rings is 1. The highest BCUT2D eigenvalue weighted by molar-refractivity contribution is 6.30. The molecule has 0 fully saturated rings. The van der Waals surface area contributed by atoms with Crippen LogP contribution in [0.3, 0.4) is 0 Å². The van der Waals surface area contributed by atoms with Gasteiger partial charge in [0.1, 0.15) is 5.65 Å². The molecule has 0 unspecified atom stereocenters. The van der Waals surface area contributed by atoms with Gasteiger partial charge in [-0.25, -0.2) is 4.98 Å². The molecule has 0 saturated heterocycles. The molecule has 4 heteroatoms. The maximum absolute atomic E-state index is 5.86. The molecule has 0 aliphatic heterocycles. The van der Waals surface area contributed by atoms with Crippen LogP contribution in [-0.4, -0.2) is 15.9 Å². The predicted molar refractivity (Wildman–Crippen MR) is 57.6 cm³/mol. The van der Waals surface area contributed by atoms with Gasteiger partial charge in [-0.2, -0.15) is 0 Å². The second kappa shape index (κ2) is 3.98. The average molecular weight is 210 g/mol. The first-order valence-corrected chi connectivity index (χ1v) is 5.00. The molecule has 0 amide bonds. The van der Waals surface area contributed by atoms with Crippen LogP contribution in [0.15, 0.2) is 24.5 Å². The average Bonchev–Trinajstić information content (AvgIpc) is 2.56. The highest BCUT2D eigenvalue weighted by Gasteiger charge is 2.00. The third-order valence-electron chi connectivity index (χ3n) is 2.10. The third kappa shape index (κ3) is 1.89. The molecule has 2 aromatic rings. The van der Waals surface area contributed by atoms with Crippen molar-refractivity contribution >= 4 is 17.2 Å². The van der Waals surface area contributed by atoms with Crippen LogP contribution in [0.25, 0.3) is 5.65 Å². The molecule has 2 N–H and O–H groups in total. The number of nitrogens with zero attached hydrogens (tertiary/aromatic N) is 2. The third-order valence-corrected chi connectivity index (χ3v) is 2.33. The number of aromatic nitrogens is 2. The summed E-state index contributed by atoms with van der Waals surface area (Å²) in [6.45, 7) is 0.703. The van der Waals surface area contributed by atoms with Crippen LogP contribution >= 0.6 is 11.6 Å². The summed E-state index contributed by atoms with van der Waals surface area (Å²) in [6, 6.07) is 3.75.